The quantitative estimate of drug-likeness (QED) is 0.393. The van der Waals surface area contributed by atoms with E-state index in [2.05, 4.69) is 20.3 Å². The van der Waals surface area contributed by atoms with E-state index in [-0.39, 0.29) is 24.9 Å². The maximum absolute atomic E-state index is 12.4. The normalized spacial score (nSPS) is 21.0. The zero-order chi connectivity index (χ0) is 19.0. The number of piperidine rings is 1. The molecule has 0 unspecified atom stereocenters. The number of nitrogens with one attached hydrogen (secondary N) is 3. The van der Waals surface area contributed by atoms with E-state index in [1.54, 1.807) is 11.9 Å². The Morgan fingerprint density at radius 2 is 1.92 bits per heavy atom. The van der Waals surface area contributed by atoms with Crippen LogP contribution in [0.1, 0.15) is 32.1 Å². The molecule has 0 atom stereocenters. The molecule has 0 aromatic carbocycles. The highest BCUT2D eigenvalue weighted by molar-refractivity contribution is 7.89. The molecule has 0 radical (unpaired) electrons. The minimum Gasteiger partial charge on any atom is -0.355 e. The third kappa shape index (κ3) is 7.71. The molecule has 2 aliphatic rings. The fourth-order valence-corrected chi connectivity index (χ4v) is 4.17. The lowest BCUT2D eigenvalue weighted by Crippen LogP contribution is -2.50. The van der Waals surface area contributed by atoms with Crippen molar-refractivity contribution < 1.29 is 17.2 Å². The number of alkyl halides is 2. The van der Waals surface area contributed by atoms with E-state index in [1.165, 1.54) is 6.42 Å². The van der Waals surface area contributed by atoms with Crippen molar-refractivity contribution in [2.24, 2.45) is 10.9 Å². The van der Waals surface area contributed by atoms with Crippen LogP contribution in [0.15, 0.2) is 4.99 Å². The average Bonchev–Trinajstić information content (AvgIpc) is 2.53. The molecule has 2 fully saturated rings. The largest absolute Gasteiger partial charge is 0.355 e. The van der Waals surface area contributed by atoms with Crippen molar-refractivity contribution in [2.45, 2.75) is 44.6 Å². The Kier molecular flexibility index (Phi) is 8.49. The van der Waals surface area contributed by atoms with Crippen LogP contribution in [0.2, 0.25) is 0 Å². The van der Waals surface area contributed by atoms with Crippen molar-refractivity contribution in [3.63, 3.8) is 0 Å². The summed E-state index contributed by atoms with van der Waals surface area (Å²) in [6.45, 7) is 1.87. The number of hydrogen-bond donors (Lipinski definition) is 3. The van der Waals surface area contributed by atoms with Gasteiger partial charge in [0.05, 0.1) is 12.3 Å². The molecule has 0 bridgehead atoms. The molecule has 0 aromatic heterocycles. The first-order chi connectivity index (χ1) is 12.4. The lowest BCUT2D eigenvalue weighted by Gasteiger charge is -2.32. The van der Waals surface area contributed by atoms with Gasteiger partial charge in [0, 0.05) is 39.3 Å². The van der Waals surface area contributed by atoms with Gasteiger partial charge in [-0.2, -0.15) is 0 Å². The molecule has 0 spiro atoms. The highest BCUT2D eigenvalue weighted by Gasteiger charge is 2.22. The van der Waals surface area contributed by atoms with Crippen LogP contribution in [-0.2, 0) is 10.0 Å². The van der Waals surface area contributed by atoms with Gasteiger partial charge in [0.15, 0.2) is 5.96 Å². The van der Waals surface area contributed by atoms with E-state index >= 15 is 0 Å². The van der Waals surface area contributed by atoms with Crippen LogP contribution in [0.25, 0.3) is 0 Å². The fraction of sp³-hybridized carbons (Fsp3) is 0.938. The predicted molar refractivity (Wildman–Crippen MR) is 99.1 cm³/mol. The molecule has 1 saturated heterocycles. The number of nitrogens with zero attached hydrogens (tertiary/aromatic N) is 2. The van der Waals surface area contributed by atoms with Gasteiger partial charge in [-0.25, -0.2) is 21.9 Å². The number of halogens is 2. The Balaban J connectivity index is 1.63. The van der Waals surface area contributed by atoms with Gasteiger partial charge in [0.25, 0.3) is 6.43 Å². The molecule has 10 heteroatoms. The molecule has 0 aromatic rings. The number of rotatable bonds is 9. The van der Waals surface area contributed by atoms with Crippen molar-refractivity contribution in [1.82, 2.24) is 20.3 Å². The van der Waals surface area contributed by atoms with Crippen molar-refractivity contribution >= 4 is 16.0 Å². The van der Waals surface area contributed by atoms with E-state index in [1.807, 2.05) is 0 Å². The number of hydrogen-bond acceptors (Lipinski definition) is 4. The van der Waals surface area contributed by atoms with Gasteiger partial charge in [0.1, 0.15) is 0 Å². The van der Waals surface area contributed by atoms with E-state index in [0.717, 1.165) is 25.7 Å². The maximum Gasteiger partial charge on any atom is 0.251 e. The summed E-state index contributed by atoms with van der Waals surface area (Å²) in [5.41, 5.74) is 0. The van der Waals surface area contributed by atoms with Gasteiger partial charge < -0.3 is 10.6 Å². The summed E-state index contributed by atoms with van der Waals surface area (Å²) in [5.74, 6) is 1.03. The summed E-state index contributed by atoms with van der Waals surface area (Å²) in [7, 11) is -1.65. The highest BCUT2D eigenvalue weighted by atomic mass is 32.2. The number of sulfonamides is 1. The topological polar surface area (TPSA) is 85.8 Å². The Morgan fingerprint density at radius 3 is 2.46 bits per heavy atom. The lowest BCUT2D eigenvalue weighted by atomic mass is 9.86. The summed E-state index contributed by atoms with van der Waals surface area (Å²) < 4.78 is 51.4. The molecule has 152 valence electrons. The summed E-state index contributed by atoms with van der Waals surface area (Å²) >= 11 is 0. The third-order valence-corrected chi connectivity index (χ3v) is 6.38. The SMILES string of the molecule is CN=C(NCCS(=O)(=O)NCC1CCC1)NC1CCN(CC(F)F)CC1. The zero-order valence-corrected chi connectivity index (χ0v) is 16.2. The molecule has 2 rings (SSSR count). The van der Waals surface area contributed by atoms with Crippen LogP contribution in [0.3, 0.4) is 0 Å². The van der Waals surface area contributed by atoms with Crippen molar-refractivity contribution in [3.05, 3.63) is 0 Å². The average molecular weight is 396 g/mol. The van der Waals surface area contributed by atoms with Crippen molar-refractivity contribution in [1.29, 1.82) is 0 Å². The van der Waals surface area contributed by atoms with Crippen LogP contribution in [0.5, 0.6) is 0 Å². The summed E-state index contributed by atoms with van der Waals surface area (Å²) in [6, 6.07) is 0.156. The van der Waals surface area contributed by atoms with Crippen LogP contribution in [-0.4, -0.2) is 77.3 Å². The summed E-state index contributed by atoms with van der Waals surface area (Å²) in [5, 5.41) is 6.26. The van der Waals surface area contributed by atoms with Gasteiger partial charge in [-0.1, -0.05) is 6.42 Å². The molecular formula is C16H31F2N5O2S. The summed E-state index contributed by atoms with van der Waals surface area (Å²) in [4.78, 5) is 5.87. The van der Waals surface area contributed by atoms with E-state index in [9.17, 15) is 17.2 Å². The molecule has 3 N–H and O–H groups in total. The highest BCUT2D eigenvalue weighted by Crippen LogP contribution is 2.25. The second-order valence-corrected chi connectivity index (χ2v) is 9.00. The van der Waals surface area contributed by atoms with Crippen LogP contribution in [0, 0.1) is 5.92 Å². The van der Waals surface area contributed by atoms with Crippen LogP contribution >= 0.6 is 0 Å². The first-order valence-corrected chi connectivity index (χ1v) is 11.0. The molecule has 1 heterocycles. The van der Waals surface area contributed by atoms with Crippen LogP contribution < -0.4 is 15.4 Å². The van der Waals surface area contributed by atoms with Crippen molar-refractivity contribution in [3.8, 4) is 0 Å². The second kappa shape index (κ2) is 10.4. The van der Waals surface area contributed by atoms with Gasteiger partial charge in [0.2, 0.25) is 10.0 Å². The molecular weight excluding hydrogens is 364 g/mol. The number of guanidine groups is 1. The third-order valence-electron chi connectivity index (χ3n) is 5.03. The fourth-order valence-electron chi connectivity index (χ4n) is 3.16. The van der Waals surface area contributed by atoms with E-state index < -0.39 is 16.4 Å². The Bertz CT molecular complexity index is 547. The standard InChI is InChI=1S/C16H31F2N5O2S/c1-19-16(22-14-5-8-23(9-6-14)12-15(17)18)20-7-10-26(24,25)21-11-13-3-2-4-13/h13-15,21H,2-12H2,1H3,(H2,19,20,22). The molecule has 26 heavy (non-hydrogen) atoms. The number of aliphatic imine (C=N–C) groups is 1. The van der Waals surface area contributed by atoms with Gasteiger partial charge >= 0.3 is 0 Å². The Labute approximate surface area is 155 Å². The Morgan fingerprint density at radius 1 is 1.23 bits per heavy atom. The molecule has 7 nitrogen and oxygen atoms in total. The maximum atomic E-state index is 12.4. The predicted octanol–water partition coefficient (Wildman–Crippen LogP) is 0.600. The van der Waals surface area contributed by atoms with Gasteiger partial charge in [-0.3, -0.25) is 9.89 Å². The Hall–Kier alpha value is -1.00. The van der Waals surface area contributed by atoms with Gasteiger partial charge in [-0.05, 0) is 31.6 Å². The van der Waals surface area contributed by atoms with E-state index in [4.69, 9.17) is 0 Å². The molecule has 1 aliphatic carbocycles. The lowest BCUT2D eigenvalue weighted by molar-refractivity contribution is 0.0744. The smallest absolute Gasteiger partial charge is 0.251 e. The first-order valence-electron chi connectivity index (χ1n) is 9.33. The molecule has 1 aliphatic heterocycles. The zero-order valence-electron chi connectivity index (χ0n) is 15.4. The first kappa shape index (κ1) is 21.3. The van der Waals surface area contributed by atoms with E-state index in [0.29, 0.717) is 31.5 Å². The van der Waals surface area contributed by atoms with Crippen molar-refractivity contribution in [2.75, 3.05) is 45.5 Å². The minimum atomic E-state index is -3.28. The minimum absolute atomic E-state index is 0.00669. The monoisotopic (exact) mass is 395 g/mol. The summed E-state index contributed by atoms with van der Waals surface area (Å²) in [6.07, 6.45) is 2.62. The second-order valence-electron chi connectivity index (χ2n) is 7.07. The molecule has 1 saturated carbocycles. The van der Waals surface area contributed by atoms with Crippen LogP contribution in [0.4, 0.5) is 8.78 Å². The van der Waals surface area contributed by atoms with Gasteiger partial charge in [-0.15, -0.1) is 0 Å². The number of likely N-dealkylation sites (tertiary alicyclic amines) is 1. The molecule has 0 amide bonds.